The van der Waals surface area contributed by atoms with E-state index in [1.807, 2.05) is 0 Å². The van der Waals surface area contributed by atoms with Gasteiger partial charge in [-0.1, -0.05) is 29.0 Å². The van der Waals surface area contributed by atoms with Crippen LogP contribution < -0.4 is 14.8 Å². The zero-order chi connectivity index (χ0) is 22.5. The lowest BCUT2D eigenvalue weighted by molar-refractivity contribution is 0.102. The minimum absolute atomic E-state index is 0.155. The van der Waals surface area contributed by atoms with Crippen molar-refractivity contribution in [3.8, 4) is 22.6 Å². The molecule has 2 aromatic heterocycles. The lowest BCUT2D eigenvalue weighted by Crippen LogP contribution is -2.13. The fourth-order valence-electron chi connectivity index (χ4n) is 2.93. The van der Waals surface area contributed by atoms with E-state index in [1.165, 1.54) is 49.0 Å². The standard InChI is InChI=1S/C22H16ClFN4O3S/c1-30-18-4-2-3-17(24)20(18)16-11-25-10-9-15(16)21(29)26-22-28-27-19(32-22)12-31-14-7-5-13(23)6-8-14/h2-11H,12H2,1H3,(H,26,28,29). The molecule has 7 nitrogen and oxygen atoms in total. The van der Waals surface area contributed by atoms with E-state index in [4.69, 9.17) is 21.1 Å². The van der Waals surface area contributed by atoms with E-state index in [1.54, 1.807) is 30.3 Å². The molecule has 0 saturated carbocycles. The van der Waals surface area contributed by atoms with E-state index < -0.39 is 11.7 Å². The summed E-state index contributed by atoms with van der Waals surface area (Å²) in [5.74, 6) is -0.0713. The summed E-state index contributed by atoms with van der Waals surface area (Å²) in [6, 6.07) is 12.9. The molecule has 0 aliphatic carbocycles. The average Bonchev–Trinajstić information content (AvgIpc) is 3.25. The van der Waals surface area contributed by atoms with Crippen LogP contribution in [-0.4, -0.2) is 28.2 Å². The Morgan fingerprint density at radius 1 is 1.16 bits per heavy atom. The van der Waals surface area contributed by atoms with E-state index in [-0.39, 0.29) is 22.9 Å². The van der Waals surface area contributed by atoms with Crippen molar-refractivity contribution in [1.82, 2.24) is 15.2 Å². The van der Waals surface area contributed by atoms with Gasteiger partial charge < -0.3 is 9.47 Å². The van der Waals surface area contributed by atoms with E-state index in [9.17, 15) is 9.18 Å². The van der Waals surface area contributed by atoms with Crippen molar-refractivity contribution in [1.29, 1.82) is 0 Å². The molecule has 10 heteroatoms. The van der Waals surface area contributed by atoms with Crippen LogP contribution in [0.1, 0.15) is 15.4 Å². The number of hydrogen-bond donors (Lipinski definition) is 1. The van der Waals surface area contributed by atoms with Gasteiger partial charge in [0.2, 0.25) is 5.13 Å². The highest BCUT2D eigenvalue weighted by Crippen LogP contribution is 2.34. The number of nitrogens with one attached hydrogen (secondary N) is 1. The summed E-state index contributed by atoms with van der Waals surface area (Å²) in [5, 5.41) is 12.2. The molecule has 0 saturated heterocycles. The summed E-state index contributed by atoms with van der Waals surface area (Å²) < 4.78 is 25.5. The number of halogens is 2. The Bertz CT molecular complexity index is 1250. The number of anilines is 1. The number of rotatable bonds is 7. The maximum atomic E-state index is 14.6. The van der Waals surface area contributed by atoms with Crippen molar-refractivity contribution < 1.29 is 18.7 Å². The molecule has 32 heavy (non-hydrogen) atoms. The van der Waals surface area contributed by atoms with Crippen molar-refractivity contribution in [2.45, 2.75) is 6.61 Å². The van der Waals surface area contributed by atoms with Crippen LogP contribution in [0.25, 0.3) is 11.1 Å². The van der Waals surface area contributed by atoms with Gasteiger partial charge in [-0.25, -0.2) is 4.39 Å². The summed E-state index contributed by atoms with van der Waals surface area (Å²) in [4.78, 5) is 17.0. The Hall–Kier alpha value is -3.56. The summed E-state index contributed by atoms with van der Waals surface area (Å²) in [6.45, 7) is 0.183. The Balaban J connectivity index is 1.51. The van der Waals surface area contributed by atoms with Gasteiger partial charge in [-0.15, -0.1) is 10.2 Å². The van der Waals surface area contributed by atoms with Crippen molar-refractivity contribution in [3.05, 3.63) is 82.3 Å². The largest absolute Gasteiger partial charge is 0.496 e. The van der Waals surface area contributed by atoms with Gasteiger partial charge in [0.25, 0.3) is 5.91 Å². The molecule has 0 bridgehead atoms. The number of carbonyl (C=O) groups is 1. The van der Waals surface area contributed by atoms with Crippen LogP contribution in [0.2, 0.25) is 5.02 Å². The number of aromatic nitrogens is 3. The fourth-order valence-corrected chi connectivity index (χ4v) is 3.70. The molecule has 0 fully saturated rings. The second kappa shape index (κ2) is 9.71. The molecule has 2 aromatic carbocycles. The van der Waals surface area contributed by atoms with Gasteiger partial charge in [0, 0.05) is 23.0 Å². The molecule has 4 rings (SSSR count). The predicted octanol–water partition coefficient (Wildman–Crippen LogP) is 5.23. The molecule has 0 unspecified atom stereocenters. The first-order valence-corrected chi connectivity index (χ1v) is 10.5. The lowest BCUT2D eigenvalue weighted by atomic mass is 10.00. The molecule has 0 spiro atoms. The van der Waals surface area contributed by atoms with Crippen LogP contribution in [-0.2, 0) is 6.61 Å². The number of nitrogens with zero attached hydrogens (tertiary/aromatic N) is 3. The first-order valence-electron chi connectivity index (χ1n) is 9.34. The topological polar surface area (TPSA) is 86.2 Å². The Morgan fingerprint density at radius 3 is 2.75 bits per heavy atom. The second-order valence-electron chi connectivity index (χ2n) is 6.44. The van der Waals surface area contributed by atoms with Gasteiger partial charge in [0.15, 0.2) is 5.01 Å². The van der Waals surface area contributed by atoms with Crippen LogP contribution in [0.3, 0.4) is 0 Å². The van der Waals surface area contributed by atoms with Crippen LogP contribution in [0.4, 0.5) is 9.52 Å². The third-order valence-corrected chi connectivity index (χ3v) is 5.46. The highest BCUT2D eigenvalue weighted by molar-refractivity contribution is 7.15. The van der Waals surface area contributed by atoms with Gasteiger partial charge in [0.1, 0.15) is 23.9 Å². The number of hydrogen-bond acceptors (Lipinski definition) is 7. The first kappa shape index (κ1) is 21.7. The van der Waals surface area contributed by atoms with Crippen LogP contribution >= 0.6 is 22.9 Å². The predicted molar refractivity (Wildman–Crippen MR) is 120 cm³/mol. The van der Waals surface area contributed by atoms with Crippen molar-refractivity contribution in [3.63, 3.8) is 0 Å². The molecule has 0 aliphatic rings. The van der Waals surface area contributed by atoms with Crippen LogP contribution in [0.15, 0.2) is 60.9 Å². The lowest BCUT2D eigenvalue weighted by Gasteiger charge is -2.12. The second-order valence-corrected chi connectivity index (χ2v) is 7.93. The van der Waals surface area contributed by atoms with E-state index in [0.717, 1.165) is 0 Å². The quantitative estimate of drug-likeness (QED) is 0.398. The number of methoxy groups -OCH3 is 1. The Kier molecular flexibility index (Phi) is 6.58. The maximum Gasteiger partial charge on any atom is 0.258 e. The molecule has 2 heterocycles. The number of ether oxygens (including phenoxy) is 2. The number of amides is 1. The third-order valence-electron chi connectivity index (χ3n) is 4.39. The summed E-state index contributed by atoms with van der Waals surface area (Å²) in [6.07, 6.45) is 2.87. The maximum absolute atomic E-state index is 14.6. The van der Waals surface area contributed by atoms with Gasteiger partial charge in [0.05, 0.1) is 18.2 Å². The average molecular weight is 471 g/mol. The third kappa shape index (κ3) is 4.84. The van der Waals surface area contributed by atoms with Crippen LogP contribution in [0, 0.1) is 5.82 Å². The molecule has 0 aliphatic heterocycles. The summed E-state index contributed by atoms with van der Waals surface area (Å²) in [7, 11) is 1.43. The Morgan fingerprint density at radius 2 is 1.97 bits per heavy atom. The van der Waals surface area contributed by atoms with Gasteiger partial charge in [-0.2, -0.15) is 0 Å². The highest BCUT2D eigenvalue weighted by Gasteiger charge is 2.20. The SMILES string of the molecule is COc1cccc(F)c1-c1cnccc1C(=O)Nc1nnc(COc2ccc(Cl)cc2)s1. The smallest absolute Gasteiger partial charge is 0.258 e. The molecule has 0 atom stereocenters. The minimum atomic E-state index is -0.524. The normalized spacial score (nSPS) is 10.6. The number of benzene rings is 2. The van der Waals surface area contributed by atoms with Crippen molar-refractivity contribution in [2.24, 2.45) is 0 Å². The van der Waals surface area contributed by atoms with Gasteiger partial charge >= 0.3 is 0 Å². The fraction of sp³-hybridized carbons (Fsp3) is 0.0909. The van der Waals surface area contributed by atoms with Gasteiger partial charge in [-0.3, -0.25) is 15.1 Å². The Labute approximate surface area is 191 Å². The monoisotopic (exact) mass is 470 g/mol. The molecule has 1 amide bonds. The minimum Gasteiger partial charge on any atom is -0.496 e. The zero-order valence-corrected chi connectivity index (χ0v) is 18.3. The molecular formula is C22H16ClFN4O3S. The van der Waals surface area contributed by atoms with Crippen LogP contribution in [0.5, 0.6) is 11.5 Å². The van der Waals surface area contributed by atoms with E-state index in [2.05, 4.69) is 20.5 Å². The summed E-state index contributed by atoms with van der Waals surface area (Å²) in [5.41, 5.74) is 0.677. The van der Waals surface area contributed by atoms with Crippen molar-refractivity contribution >= 4 is 34.0 Å². The highest BCUT2D eigenvalue weighted by atomic mass is 35.5. The molecule has 0 radical (unpaired) electrons. The van der Waals surface area contributed by atoms with Crippen molar-refractivity contribution in [2.75, 3.05) is 12.4 Å². The molecular weight excluding hydrogens is 455 g/mol. The molecule has 1 N–H and O–H groups in total. The summed E-state index contributed by atoms with van der Waals surface area (Å²) >= 11 is 7.03. The number of pyridine rings is 1. The molecule has 4 aromatic rings. The first-order chi connectivity index (χ1) is 15.5. The zero-order valence-electron chi connectivity index (χ0n) is 16.7. The van der Waals surface area contributed by atoms with E-state index in [0.29, 0.717) is 27.1 Å². The van der Waals surface area contributed by atoms with Gasteiger partial charge in [-0.05, 0) is 42.5 Å². The molecule has 162 valence electrons. The van der Waals surface area contributed by atoms with E-state index >= 15 is 0 Å². The number of carbonyl (C=O) groups excluding carboxylic acids is 1.